The Balaban J connectivity index is 1.58. The van der Waals surface area contributed by atoms with Crippen LogP contribution < -0.4 is 5.59 Å². The van der Waals surface area contributed by atoms with Gasteiger partial charge in [0.1, 0.15) is 6.10 Å². The Labute approximate surface area is 131 Å². The lowest BCUT2D eigenvalue weighted by molar-refractivity contribution is 0.0222. The number of aromatic nitrogens is 1. The quantitative estimate of drug-likeness (QED) is 0.642. The van der Waals surface area contributed by atoms with Crippen LogP contribution in [0.2, 0.25) is 0 Å². The highest BCUT2D eigenvalue weighted by atomic mass is 16.5. The van der Waals surface area contributed by atoms with E-state index in [2.05, 4.69) is 24.3 Å². The van der Waals surface area contributed by atoms with E-state index < -0.39 is 0 Å². The summed E-state index contributed by atoms with van der Waals surface area (Å²) in [6, 6.07) is 14.3. The Morgan fingerprint density at radius 3 is 2.86 bits per heavy atom. The van der Waals surface area contributed by atoms with Gasteiger partial charge in [0, 0.05) is 11.5 Å². The van der Waals surface area contributed by atoms with Crippen LogP contribution in [0.25, 0.3) is 0 Å². The fraction of sp³-hybridized carbons (Fsp3) is 0.333. The molecule has 0 spiro atoms. The third kappa shape index (κ3) is 2.43. The molecule has 2 aromatic rings. The van der Waals surface area contributed by atoms with Crippen molar-refractivity contribution in [3.8, 4) is 0 Å². The first-order valence-corrected chi connectivity index (χ1v) is 8.06. The van der Waals surface area contributed by atoms with Crippen molar-refractivity contribution >= 4 is 18.8 Å². The summed E-state index contributed by atoms with van der Waals surface area (Å²) in [7, 11) is 0.906. The Hall–Kier alpha value is -2.10. The molecule has 1 saturated carbocycles. The van der Waals surface area contributed by atoms with Gasteiger partial charge in [-0.25, -0.2) is 4.79 Å². The molecule has 22 heavy (non-hydrogen) atoms. The van der Waals surface area contributed by atoms with E-state index in [-0.39, 0.29) is 12.1 Å². The molecular weight excluding hydrogens is 273 g/mol. The molecule has 1 fully saturated rings. The van der Waals surface area contributed by atoms with E-state index in [9.17, 15) is 4.79 Å². The topological polar surface area (TPSA) is 39.2 Å². The summed E-state index contributed by atoms with van der Waals surface area (Å²) in [6.45, 7) is 0. The summed E-state index contributed by atoms with van der Waals surface area (Å²) < 4.78 is 5.53. The van der Waals surface area contributed by atoms with Crippen molar-refractivity contribution < 1.29 is 9.53 Å². The minimum atomic E-state index is -0.194. The van der Waals surface area contributed by atoms with Crippen molar-refractivity contribution in [1.29, 1.82) is 0 Å². The third-order valence-corrected chi connectivity index (χ3v) is 4.78. The predicted molar refractivity (Wildman–Crippen MR) is 87.0 cm³/mol. The number of rotatable bonds is 3. The van der Waals surface area contributed by atoms with Gasteiger partial charge in [-0.05, 0) is 37.7 Å². The molecule has 3 nitrogen and oxygen atoms in total. The molecule has 110 valence electrons. The van der Waals surface area contributed by atoms with Gasteiger partial charge in [-0.15, -0.1) is 0 Å². The second-order valence-electron chi connectivity index (χ2n) is 6.20. The molecule has 0 N–H and O–H groups in total. The lowest BCUT2D eigenvalue weighted by Gasteiger charge is -2.27. The smallest absolute Gasteiger partial charge is 0.340 e. The first kappa shape index (κ1) is 13.6. The highest BCUT2D eigenvalue weighted by Gasteiger charge is 2.39. The zero-order chi connectivity index (χ0) is 14.9. The molecule has 4 rings (SSSR count). The Morgan fingerprint density at radius 2 is 2.00 bits per heavy atom. The maximum atomic E-state index is 12.1. The van der Waals surface area contributed by atoms with Crippen molar-refractivity contribution in [3.05, 3.63) is 59.3 Å². The van der Waals surface area contributed by atoms with E-state index in [1.54, 1.807) is 0 Å². The summed E-state index contributed by atoms with van der Waals surface area (Å²) in [6.07, 6.45) is 4.21. The van der Waals surface area contributed by atoms with Crippen molar-refractivity contribution in [1.82, 2.24) is 4.98 Å². The maximum Gasteiger partial charge on any atom is 0.340 e. The van der Waals surface area contributed by atoms with Gasteiger partial charge in [-0.2, -0.15) is 0 Å². The molecule has 0 amide bonds. The molecule has 2 unspecified atom stereocenters. The number of hydrogen-bond acceptors (Lipinski definition) is 3. The van der Waals surface area contributed by atoms with Gasteiger partial charge in [-0.3, -0.25) is 4.98 Å². The molecule has 0 bridgehead atoms. The van der Waals surface area contributed by atoms with Crippen LogP contribution in [-0.4, -0.2) is 24.3 Å². The zero-order valence-corrected chi connectivity index (χ0v) is 12.5. The maximum absolute atomic E-state index is 12.1. The van der Waals surface area contributed by atoms with Crippen LogP contribution in [0.5, 0.6) is 0 Å². The minimum Gasteiger partial charge on any atom is -0.458 e. The molecule has 1 aliphatic carbocycles. The Morgan fingerprint density at radius 1 is 1.14 bits per heavy atom. The van der Waals surface area contributed by atoms with Crippen molar-refractivity contribution in [2.75, 3.05) is 0 Å². The number of pyridine rings is 1. The van der Waals surface area contributed by atoms with Gasteiger partial charge in [0.15, 0.2) is 7.28 Å². The number of carbonyl (C=O) groups excluding carboxylic acids is 1. The van der Waals surface area contributed by atoms with Crippen LogP contribution in [0.1, 0.15) is 46.8 Å². The van der Waals surface area contributed by atoms with Crippen LogP contribution in [0.4, 0.5) is 0 Å². The van der Waals surface area contributed by atoms with E-state index in [0.29, 0.717) is 11.5 Å². The molecule has 1 aliphatic heterocycles. The van der Waals surface area contributed by atoms with E-state index in [1.165, 1.54) is 5.56 Å². The van der Waals surface area contributed by atoms with Gasteiger partial charge in [0.05, 0.1) is 11.3 Å². The van der Waals surface area contributed by atoms with Crippen molar-refractivity contribution in [2.45, 2.75) is 37.6 Å². The number of benzene rings is 1. The van der Waals surface area contributed by atoms with E-state index in [1.807, 2.05) is 18.2 Å². The van der Waals surface area contributed by atoms with Gasteiger partial charge in [0.25, 0.3) is 0 Å². The highest BCUT2D eigenvalue weighted by molar-refractivity contribution is 6.51. The third-order valence-electron chi connectivity index (χ3n) is 4.78. The van der Waals surface area contributed by atoms with Gasteiger partial charge < -0.3 is 4.74 Å². The van der Waals surface area contributed by atoms with Gasteiger partial charge >= 0.3 is 5.97 Å². The molecule has 2 atom stereocenters. The predicted octanol–water partition coefficient (Wildman–Crippen LogP) is 2.15. The van der Waals surface area contributed by atoms with E-state index in [0.717, 1.165) is 44.1 Å². The number of carbonyl (C=O) groups is 1. The van der Waals surface area contributed by atoms with Crippen LogP contribution in [0, 0.1) is 0 Å². The fourth-order valence-electron chi connectivity index (χ4n) is 3.61. The normalized spacial score (nSPS) is 22.6. The van der Waals surface area contributed by atoms with Crippen molar-refractivity contribution in [3.63, 3.8) is 0 Å². The fourth-order valence-corrected chi connectivity index (χ4v) is 3.61. The number of fused-ring (bicyclic) bond motifs is 3. The molecule has 0 radical (unpaired) electrons. The number of ether oxygens (including phenoxy) is 1. The Kier molecular flexibility index (Phi) is 3.45. The number of hydrogen-bond donors (Lipinski definition) is 0. The van der Waals surface area contributed by atoms with Crippen LogP contribution in [0.3, 0.4) is 0 Å². The summed E-state index contributed by atoms with van der Waals surface area (Å²) in [5.74, 6) is 0.115. The minimum absolute atomic E-state index is 0.0527. The number of esters is 1. The zero-order valence-electron chi connectivity index (χ0n) is 12.5. The molecule has 0 saturated heterocycles. The first-order valence-electron chi connectivity index (χ1n) is 8.06. The molecule has 2 aliphatic rings. The van der Waals surface area contributed by atoms with E-state index in [4.69, 9.17) is 9.72 Å². The average Bonchev–Trinajstić information content (AvgIpc) is 3.02. The van der Waals surface area contributed by atoms with Gasteiger partial charge in [0.2, 0.25) is 0 Å². The van der Waals surface area contributed by atoms with Crippen LogP contribution in [0.15, 0.2) is 42.5 Å². The van der Waals surface area contributed by atoms with Gasteiger partial charge in [-0.1, -0.05) is 35.9 Å². The standard InChI is InChI=1S/C18H18BNO2/c21-18-14-9-10-16(19-11-12-5-2-1-3-6-12)20-17(14)13-7-4-8-15(13)22-18/h1-3,5-6,9-10,13,15,19H,4,7-8,11H2. The summed E-state index contributed by atoms with van der Waals surface area (Å²) >= 11 is 0. The molecule has 1 aromatic heterocycles. The lowest BCUT2D eigenvalue weighted by Crippen LogP contribution is -2.33. The summed E-state index contributed by atoms with van der Waals surface area (Å²) in [5, 5.41) is 0. The van der Waals surface area contributed by atoms with Crippen LogP contribution >= 0.6 is 0 Å². The van der Waals surface area contributed by atoms with Crippen molar-refractivity contribution in [2.24, 2.45) is 0 Å². The SMILES string of the molecule is O=C1OC2CCCC2c2nc(BCc3ccccc3)ccc21. The Bertz CT molecular complexity index is 701. The summed E-state index contributed by atoms with van der Waals surface area (Å²) in [5.41, 5.74) is 4.04. The average molecular weight is 291 g/mol. The monoisotopic (exact) mass is 291 g/mol. The largest absolute Gasteiger partial charge is 0.458 e. The highest BCUT2D eigenvalue weighted by Crippen LogP contribution is 2.40. The molecular formula is C18H18BNO2. The molecule has 1 aromatic carbocycles. The summed E-state index contributed by atoms with van der Waals surface area (Å²) in [4.78, 5) is 16.9. The number of nitrogens with zero attached hydrogens (tertiary/aromatic N) is 1. The second kappa shape index (κ2) is 5.60. The first-order chi connectivity index (χ1) is 10.8. The van der Waals surface area contributed by atoms with Crippen LogP contribution in [-0.2, 0) is 11.1 Å². The lowest BCUT2D eigenvalue weighted by atomic mass is 9.68. The molecule has 2 heterocycles. The van der Waals surface area contributed by atoms with E-state index >= 15 is 0 Å². The second-order valence-corrected chi connectivity index (χ2v) is 6.20. The molecule has 4 heteroatoms.